The molecule has 0 heterocycles. The molecule has 0 bridgehead atoms. The molecule has 2 aromatic carbocycles. The number of rotatable bonds is 6. The van der Waals surface area contributed by atoms with Crippen LogP contribution in [0.4, 0.5) is 10.1 Å². The van der Waals surface area contributed by atoms with Crippen LogP contribution in [0, 0.1) is 11.2 Å². The fourth-order valence-electron chi connectivity index (χ4n) is 3.56. The molecule has 2 N–H and O–H groups in total. The lowest BCUT2D eigenvalue weighted by atomic mass is 9.64. The predicted molar refractivity (Wildman–Crippen MR) is 115 cm³/mol. The fourth-order valence-corrected chi connectivity index (χ4v) is 3.56. The molecule has 6 heteroatoms. The summed E-state index contributed by atoms with van der Waals surface area (Å²) >= 11 is 0. The van der Waals surface area contributed by atoms with Crippen molar-refractivity contribution >= 4 is 17.5 Å². The van der Waals surface area contributed by atoms with Crippen LogP contribution in [0.15, 0.2) is 42.5 Å². The summed E-state index contributed by atoms with van der Waals surface area (Å²) in [5, 5.41) is 5.64. The SMILES string of the molecule is COc1ccc(C2(CNC(=O)c3cc(NC(=O)C(C)(C)C)ccc3F)CCC2)cc1. The number of halogens is 1. The van der Waals surface area contributed by atoms with E-state index in [0.717, 1.165) is 30.6 Å². The maximum Gasteiger partial charge on any atom is 0.254 e. The van der Waals surface area contributed by atoms with E-state index in [-0.39, 0.29) is 16.9 Å². The Morgan fingerprint density at radius 1 is 1.10 bits per heavy atom. The first-order valence-electron chi connectivity index (χ1n) is 10.2. The molecule has 160 valence electrons. The molecule has 0 atom stereocenters. The monoisotopic (exact) mass is 412 g/mol. The van der Waals surface area contributed by atoms with E-state index < -0.39 is 17.1 Å². The normalized spacial score (nSPS) is 15.1. The molecule has 3 rings (SSSR count). The minimum absolute atomic E-state index is 0.0779. The molecular formula is C24H29FN2O3. The zero-order chi connectivity index (χ0) is 21.9. The van der Waals surface area contributed by atoms with Crippen molar-refractivity contribution in [3.63, 3.8) is 0 Å². The summed E-state index contributed by atoms with van der Waals surface area (Å²) in [4.78, 5) is 24.9. The van der Waals surface area contributed by atoms with Crippen molar-refractivity contribution in [3.05, 3.63) is 59.4 Å². The number of carbonyl (C=O) groups excluding carboxylic acids is 2. The Labute approximate surface area is 177 Å². The highest BCUT2D eigenvalue weighted by molar-refractivity contribution is 5.98. The van der Waals surface area contributed by atoms with Crippen LogP contribution in [0.1, 0.15) is 56.0 Å². The third kappa shape index (κ3) is 4.64. The highest BCUT2D eigenvalue weighted by atomic mass is 19.1. The van der Waals surface area contributed by atoms with E-state index in [9.17, 15) is 14.0 Å². The molecule has 0 aliphatic heterocycles. The lowest BCUT2D eigenvalue weighted by molar-refractivity contribution is -0.123. The number of benzene rings is 2. The molecule has 0 spiro atoms. The Morgan fingerprint density at radius 3 is 2.30 bits per heavy atom. The molecule has 5 nitrogen and oxygen atoms in total. The maximum absolute atomic E-state index is 14.3. The number of anilines is 1. The largest absolute Gasteiger partial charge is 0.497 e. The van der Waals surface area contributed by atoms with Crippen LogP contribution in [0.3, 0.4) is 0 Å². The van der Waals surface area contributed by atoms with Gasteiger partial charge in [0.1, 0.15) is 11.6 Å². The van der Waals surface area contributed by atoms with E-state index in [4.69, 9.17) is 4.74 Å². The Kier molecular flexibility index (Phi) is 6.15. The van der Waals surface area contributed by atoms with Gasteiger partial charge in [0.05, 0.1) is 12.7 Å². The number of methoxy groups -OCH3 is 1. The van der Waals surface area contributed by atoms with Crippen molar-refractivity contribution in [1.29, 1.82) is 0 Å². The second-order valence-corrected chi connectivity index (χ2v) is 8.94. The van der Waals surface area contributed by atoms with E-state index >= 15 is 0 Å². The average molecular weight is 413 g/mol. The summed E-state index contributed by atoms with van der Waals surface area (Å²) < 4.78 is 19.5. The molecule has 1 aliphatic rings. The van der Waals surface area contributed by atoms with E-state index in [1.807, 2.05) is 24.3 Å². The van der Waals surface area contributed by atoms with Gasteiger partial charge in [-0.15, -0.1) is 0 Å². The van der Waals surface area contributed by atoms with Crippen molar-refractivity contribution < 1.29 is 18.7 Å². The quantitative estimate of drug-likeness (QED) is 0.725. The van der Waals surface area contributed by atoms with Crippen molar-refractivity contribution in [2.45, 2.75) is 45.4 Å². The molecular weight excluding hydrogens is 383 g/mol. The van der Waals surface area contributed by atoms with Gasteiger partial charge < -0.3 is 15.4 Å². The minimum atomic E-state index is -0.617. The number of hydrogen-bond donors (Lipinski definition) is 2. The summed E-state index contributed by atoms with van der Waals surface area (Å²) in [6.45, 7) is 5.79. The lowest BCUT2D eigenvalue weighted by Crippen LogP contribution is -2.45. The van der Waals surface area contributed by atoms with Crippen LogP contribution in [-0.2, 0) is 10.2 Å². The first kappa shape index (κ1) is 21.8. The number of hydrogen-bond acceptors (Lipinski definition) is 3. The summed E-state index contributed by atoms with van der Waals surface area (Å²) in [5.74, 6) is -0.519. The second-order valence-electron chi connectivity index (χ2n) is 8.94. The van der Waals surface area contributed by atoms with Crippen molar-refractivity contribution in [2.75, 3.05) is 19.0 Å². The average Bonchev–Trinajstić information content (AvgIpc) is 2.68. The fraction of sp³-hybridized carbons (Fsp3) is 0.417. The van der Waals surface area contributed by atoms with E-state index in [0.29, 0.717) is 12.2 Å². The van der Waals surface area contributed by atoms with Gasteiger partial charge in [0, 0.05) is 23.1 Å². The summed E-state index contributed by atoms with van der Waals surface area (Å²) in [6.07, 6.45) is 3.01. The summed E-state index contributed by atoms with van der Waals surface area (Å²) in [5.41, 5.74) is 0.727. The van der Waals surface area contributed by atoms with Gasteiger partial charge >= 0.3 is 0 Å². The number of nitrogens with one attached hydrogen (secondary N) is 2. The molecule has 0 radical (unpaired) electrons. The molecule has 0 saturated heterocycles. The second kappa shape index (κ2) is 8.46. The smallest absolute Gasteiger partial charge is 0.254 e. The minimum Gasteiger partial charge on any atom is -0.497 e. The van der Waals surface area contributed by atoms with Gasteiger partial charge in [-0.3, -0.25) is 9.59 Å². The van der Waals surface area contributed by atoms with E-state index in [1.165, 1.54) is 18.2 Å². The lowest BCUT2D eigenvalue weighted by Gasteiger charge is -2.42. The molecule has 0 aromatic heterocycles. The highest BCUT2D eigenvalue weighted by Gasteiger charge is 2.39. The Bertz CT molecular complexity index is 928. The van der Waals surface area contributed by atoms with Gasteiger partial charge in [0.2, 0.25) is 5.91 Å². The number of ether oxygens (including phenoxy) is 1. The van der Waals surface area contributed by atoms with Gasteiger partial charge in [-0.05, 0) is 48.7 Å². The van der Waals surface area contributed by atoms with Crippen molar-refractivity contribution in [2.24, 2.45) is 5.41 Å². The zero-order valence-electron chi connectivity index (χ0n) is 18.0. The topological polar surface area (TPSA) is 67.4 Å². The Morgan fingerprint density at radius 2 is 1.77 bits per heavy atom. The zero-order valence-corrected chi connectivity index (χ0v) is 18.0. The molecule has 1 saturated carbocycles. The van der Waals surface area contributed by atoms with Crippen molar-refractivity contribution in [3.8, 4) is 5.75 Å². The van der Waals surface area contributed by atoms with E-state index in [1.54, 1.807) is 27.9 Å². The summed E-state index contributed by atoms with van der Waals surface area (Å²) in [6, 6.07) is 11.9. The van der Waals surface area contributed by atoms with Gasteiger partial charge in [0.15, 0.2) is 0 Å². The number of carbonyl (C=O) groups is 2. The van der Waals surface area contributed by atoms with Gasteiger partial charge in [-0.25, -0.2) is 4.39 Å². The first-order chi connectivity index (χ1) is 14.1. The van der Waals surface area contributed by atoms with Gasteiger partial charge in [-0.1, -0.05) is 39.3 Å². The van der Waals surface area contributed by atoms with E-state index in [2.05, 4.69) is 10.6 Å². The first-order valence-corrected chi connectivity index (χ1v) is 10.2. The Balaban J connectivity index is 1.72. The molecule has 30 heavy (non-hydrogen) atoms. The van der Waals surface area contributed by atoms with Crippen LogP contribution < -0.4 is 15.4 Å². The molecule has 1 fully saturated rings. The van der Waals surface area contributed by atoms with Crippen LogP contribution in [-0.4, -0.2) is 25.5 Å². The standard InChI is InChI=1S/C24H29FN2O3/c1-23(2,3)22(29)27-17-8-11-20(25)19(14-17)21(28)26-15-24(12-5-13-24)16-6-9-18(30-4)10-7-16/h6-11,14H,5,12-13,15H2,1-4H3,(H,26,28)(H,27,29). The maximum atomic E-state index is 14.3. The van der Waals surface area contributed by atoms with Crippen LogP contribution in [0.25, 0.3) is 0 Å². The molecule has 1 aliphatic carbocycles. The van der Waals surface area contributed by atoms with Gasteiger partial charge in [0.25, 0.3) is 5.91 Å². The molecule has 2 amide bonds. The predicted octanol–water partition coefficient (Wildman–Crippen LogP) is 4.67. The highest BCUT2D eigenvalue weighted by Crippen LogP contribution is 2.43. The summed E-state index contributed by atoms with van der Waals surface area (Å²) in [7, 11) is 1.63. The van der Waals surface area contributed by atoms with Crippen LogP contribution in [0.5, 0.6) is 5.75 Å². The third-order valence-corrected chi connectivity index (χ3v) is 5.75. The molecule has 0 unspecified atom stereocenters. The third-order valence-electron chi connectivity index (χ3n) is 5.75. The molecule has 2 aromatic rings. The van der Waals surface area contributed by atoms with Crippen LogP contribution in [0.2, 0.25) is 0 Å². The van der Waals surface area contributed by atoms with Gasteiger partial charge in [-0.2, -0.15) is 0 Å². The van der Waals surface area contributed by atoms with Crippen molar-refractivity contribution in [1.82, 2.24) is 5.32 Å². The number of amides is 2. The van der Waals surface area contributed by atoms with Crippen LogP contribution >= 0.6 is 0 Å². The Hall–Kier alpha value is -2.89.